The van der Waals surface area contributed by atoms with E-state index in [1.54, 1.807) is 0 Å². The van der Waals surface area contributed by atoms with Crippen molar-refractivity contribution in [3.63, 3.8) is 0 Å². The molecule has 0 aliphatic heterocycles. The van der Waals surface area contributed by atoms with Gasteiger partial charge in [-0.2, -0.15) is 13.2 Å². The van der Waals surface area contributed by atoms with Crippen molar-refractivity contribution in [2.24, 2.45) is 0 Å². The van der Waals surface area contributed by atoms with Crippen LogP contribution in [0.25, 0.3) is 0 Å². The van der Waals surface area contributed by atoms with Crippen LogP contribution in [0.5, 0.6) is 0 Å². The van der Waals surface area contributed by atoms with Crippen molar-refractivity contribution >= 4 is 21.8 Å². The molecule has 1 rings (SSSR count). The Balaban J connectivity index is 2.78. The number of aromatic amines is 1. The first-order chi connectivity index (χ1) is 7.33. The minimum absolute atomic E-state index is 0.00891. The third-order valence-corrected chi connectivity index (χ3v) is 2.38. The van der Waals surface area contributed by atoms with Crippen molar-refractivity contribution in [2.45, 2.75) is 13.1 Å². The zero-order chi connectivity index (χ0) is 12.3. The molecule has 1 aromatic rings. The number of carbonyl (C=O) groups is 1. The maximum atomic E-state index is 12.2. The van der Waals surface area contributed by atoms with Crippen LogP contribution in [-0.2, 0) is 0 Å². The van der Waals surface area contributed by atoms with Crippen LogP contribution in [0.1, 0.15) is 17.4 Å². The highest BCUT2D eigenvalue weighted by molar-refractivity contribution is 9.10. The number of H-pyrrole nitrogens is 1. The summed E-state index contributed by atoms with van der Waals surface area (Å²) in [5, 5.41) is 0. The molecule has 0 aromatic carbocycles. The summed E-state index contributed by atoms with van der Waals surface area (Å²) >= 11 is 3.11. The summed E-state index contributed by atoms with van der Waals surface area (Å²) in [7, 11) is 0. The smallest absolute Gasteiger partial charge is 0.356 e. The summed E-state index contributed by atoms with van der Waals surface area (Å²) in [5.41, 5.74) is 0.137. The first kappa shape index (κ1) is 13.1. The molecule has 16 heavy (non-hydrogen) atoms. The average molecular weight is 299 g/mol. The van der Waals surface area contributed by atoms with E-state index in [-0.39, 0.29) is 12.2 Å². The van der Waals surface area contributed by atoms with Gasteiger partial charge in [0.15, 0.2) is 0 Å². The summed E-state index contributed by atoms with van der Waals surface area (Å²) in [4.78, 5) is 15.0. The second-order valence-corrected chi connectivity index (χ2v) is 4.08. The van der Waals surface area contributed by atoms with Gasteiger partial charge in [-0.15, -0.1) is 0 Å². The summed E-state index contributed by atoms with van der Waals surface area (Å²) in [5.74, 6) is -0.662. The van der Waals surface area contributed by atoms with Gasteiger partial charge in [-0.3, -0.25) is 4.79 Å². The summed E-state index contributed by atoms with van der Waals surface area (Å²) < 4.78 is 37.1. The van der Waals surface area contributed by atoms with Crippen molar-refractivity contribution < 1.29 is 18.0 Å². The van der Waals surface area contributed by atoms with E-state index in [4.69, 9.17) is 0 Å². The van der Waals surface area contributed by atoms with Gasteiger partial charge in [0.25, 0.3) is 5.91 Å². The van der Waals surface area contributed by atoms with Crippen LogP contribution in [0, 0.1) is 0 Å². The van der Waals surface area contributed by atoms with E-state index in [9.17, 15) is 18.0 Å². The van der Waals surface area contributed by atoms with Crippen LogP contribution in [0.2, 0.25) is 0 Å². The molecule has 1 heterocycles. The largest absolute Gasteiger partial charge is 0.406 e. The second kappa shape index (κ2) is 4.90. The van der Waals surface area contributed by atoms with E-state index in [1.807, 2.05) is 0 Å². The van der Waals surface area contributed by atoms with Crippen LogP contribution < -0.4 is 0 Å². The lowest BCUT2D eigenvalue weighted by Gasteiger charge is -2.21. The van der Waals surface area contributed by atoms with E-state index in [1.165, 1.54) is 19.2 Å². The van der Waals surface area contributed by atoms with Gasteiger partial charge in [-0.05, 0) is 28.9 Å². The Labute approximate surface area is 98.8 Å². The Kier molecular flexibility index (Phi) is 4.01. The van der Waals surface area contributed by atoms with Gasteiger partial charge in [0, 0.05) is 17.2 Å². The first-order valence-electron chi connectivity index (χ1n) is 4.53. The minimum Gasteiger partial charge on any atom is -0.356 e. The normalized spacial score (nSPS) is 11.6. The van der Waals surface area contributed by atoms with Gasteiger partial charge >= 0.3 is 6.18 Å². The number of hydrogen-bond acceptors (Lipinski definition) is 1. The van der Waals surface area contributed by atoms with E-state index in [2.05, 4.69) is 20.9 Å². The maximum Gasteiger partial charge on any atom is 0.406 e. The molecule has 0 aliphatic rings. The predicted molar refractivity (Wildman–Crippen MR) is 56.1 cm³/mol. The third-order valence-electron chi connectivity index (χ3n) is 1.92. The standard InChI is InChI=1S/C9H10BrF3N2O/c1-2-15(5-9(11,12)13)8(16)7-3-6(10)4-14-7/h3-4,14H,2,5H2,1H3. The Bertz CT molecular complexity index is 375. The number of halogens is 4. The van der Waals surface area contributed by atoms with Crippen molar-refractivity contribution in [1.29, 1.82) is 0 Å². The van der Waals surface area contributed by atoms with Crippen LogP contribution in [0.15, 0.2) is 16.7 Å². The van der Waals surface area contributed by atoms with E-state index in [0.717, 1.165) is 4.90 Å². The lowest BCUT2D eigenvalue weighted by Crippen LogP contribution is -2.38. The number of nitrogens with zero attached hydrogens (tertiary/aromatic N) is 1. The highest BCUT2D eigenvalue weighted by Crippen LogP contribution is 2.18. The number of carbonyl (C=O) groups excluding carboxylic acids is 1. The quantitative estimate of drug-likeness (QED) is 0.915. The first-order valence-corrected chi connectivity index (χ1v) is 5.32. The fourth-order valence-electron chi connectivity index (χ4n) is 1.21. The molecule has 0 saturated carbocycles. The molecule has 0 atom stereocenters. The summed E-state index contributed by atoms with van der Waals surface area (Å²) in [6.45, 7) is 0.273. The molecular weight excluding hydrogens is 289 g/mol. The molecule has 0 radical (unpaired) electrons. The molecular formula is C9H10BrF3N2O. The van der Waals surface area contributed by atoms with Crippen molar-refractivity contribution in [1.82, 2.24) is 9.88 Å². The minimum atomic E-state index is -4.38. The number of alkyl halides is 3. The average Bonchev–Trinajstić information content (AvgIpc) is 2.58. The summed E-state index contributed by atoms with van der Waals surface area (Å²) in [6.07, 6.45) is -2.88. The number of nitrogens with one attached hydrogen (secondary N) is 1. The molecule has 0 spiro atoms. The zero-order valence-electron chi connectivity index (χ0n) is 8.44. The molecule has 0 aliphatic carbocycles. The van der Waals surface area contributed by atoms with Crippen LogP contribution >= 0.6 is 15.9 Å². The van der Waals surface area contributed by atoms with E-state index < -0.39 is 18.6 Å². The molecule has 90 valence electrons. The summed E-state index contributed by atoms with van der Waals surface area (Å²) in [6, 6.07) is 1.45. The van der Waals surface area contributed by atoms with Gasteiger partial charge in [-0.25, -0.2) is 0 Å². The van der Waals surface area contributed by atoms with E-state index in [0.29, 0.717) is 4.47 Å². The Morgan fingerprint density at radius 3 is 2.56 bits per heavy atom. The van der Waals surface area contributed by atoms with Crippen molar-refractivity contribution in [3.05, 3.63) is 22.4 Å². The molecule has 1 N–H and O–H groups in total. The predicted octanol–water partition coefficient (Wildman–Crippen LogP) is 2.80. The molecule has 1 amide bonds. The molecule has 1 aromatic heterocycles. The third kappa shape index (κ3) is 3.55. The Morgan fingerprint density at radius 2 is 2.19 bits per heavy atom. The number of rotatable bonds is 3. The SMILES string of the molecule is CCN(CC(F)(F)F)C(=O)c1cc(Br)c[nH]1. The molecule has 3 nitrogen and oxygen atoms in total. The highest BCUT2D eigenvalue weighted by Gasteiger charge is 2.32. The molecule has 0 bridgehead atoms. The maximum absolute atomic E-state index is 12.2. The second-order valence-electron chi connectivity index (χ2n) is 3.17. The van der Waals surface area contributed by atoms with Crippen LogP contribution in [-0.4, -0.2) is 35.1 Å². The lowest BCUT2D eigenvalue weighted by atomic mass is 10.3. The Hall–Kier alpha value is -0.980. The monoisotopic (exact) mass is 298 g/mol. The van der Waals surface area contributed by atoms with E-state index >= 15 is 0 Å². The zero-order valence-corrected chi connectivity index (χ0v) is 10.0. The molecule has 0 fully saturated rings. The number of aromatic nitrogens is 1. The van der Waals surface area contributed by atoms with Crippen LogP contribution in [0.4, 0.5) is 13.2 Å². The molecule has 7 heteroatoms. The lowest BCUT2D eigenvalue weighted by molar-refractivity contribution is -0.140. The molecule has 0 saturated heterocycles. The fourth-order valence-corrected chi connectivity index (χ4v) is 1.55. The highest BCUT2D eigenvalue weighted by atomic mass is 79.9. The van der Waals surface area contributed by atoms with Crippen molar-refractivity contribution in [3.8, 4) is 0 Å². The molecule has 0 unspecified atom stereocenters. The van der Waals surface area contributed by atoms with Crippen molar-refractivity contribution in [2.75, 3.05) is 13.1 Å². The van der Waals surface area contributed by atoms with Crippen LogP contribution in [0.3, 0.4) is 0 Å². The van der Waals surface area contributed by atoms with Gasteiger partial charge < -0.3 is 9.88 Å². The van der Waals surface area contributed by atoms with Gasteiger partial charge in [0.05, 0.1) is 0 Å². The Morgan fingerprint density at radius 1 is 1.56 bits per heavy atom. The van der Waals surface area contributed by atoms with Gasteiger partial charge in [-0.1, -0.05) is 0 Å². The van der Waals surface area contributed by atoms with Gasteiger partial charge in [0.2, 0.25) is 0 Å². The number of hydrogen-bond donors (Lipinski definition) is 1. The fraction of sp³-hybridized carbons (Fsp3) is 0.444. The number of amides is 1. The topological polar surface area (TPSA) is 36.1 Å². The van der Waals surface area contributed by atoms with Gasteiger partial charge in [0.1, 0.15) is 12.2 Å².